The second-order valence-electron chi connectivity index (χ2n) is 4.29. The summed E-state index contributed by atoms with van der Waals surface area (Å²) in [6.07, 6.45) is 1.73. The Bertz CT molecular complexity index is 542. The van der Waals surface area contributed by atoms with E-state index in [1.54, 1.807) is 6.20 Å². The van der Waals surface area contributed by atoms with E-state index in [1.807, 2.05) is 18.2 Å². The van der Waals surface area contributed by atoms with E-state index in [1.165, 1.54) is 0 Å². The number of fused-ring (bicyclic) bond motifs is 1. The van der Waals surface area contributed by atoms with Gasteiger partial charge in [-0.05, 0) is 24.2 Å². The summed E-state index contributed by atoms with van der Waals surface area (Å²) in [6, 6.07) is 5.96. The third kappa shape index (κ3) is 2.39. The fourth-order valence-electron chi connectivity index (χ4n) is 2.19. The molecule has 2 heterocycles. The maximum atomic E-state index is 5.61. The lowest BCUT2D eigenvalue weighted by atomic mass is 10.0. The van der Waals surface area contributed by atoms with Crippen molar-refractivity contribution in [2.45, 2.75) is 13.0 Å². The maximum Gasteiger partial charge on any atom is 0.161 e. The van der Waals surface area contributed by atoms with Gasteiger partial charge in [-0.3, -0.25) is 0 Å². The van der Waals surface area contributed by atoms with Crippen LogP contribution < -0.4 is 14.8 Å². The van der Waals surface area contributed by atoms with Crippen LogP contribution in [-0.2, 0) is 0 Å². The molecule has 3 rings (SSSR count). The zero-order chi connectivity index (χ0) is 13.1. The third-order valence-electron chi connectivity index (χ3n) is 3.04. The van der Waals surface area contributed by atoms with E-state index in [0.29, 0.717) is 13.2 Å². The molecule has 0 fully saturated rings. The van der Waals surface area contributed by atoms with Crippen molar-refractivity contribution in [2.75, 3.05) is 19.8 Å². The van der Waals surface area contributed by atoms with Gasteiger partial charge in [-0.2, -0.15) is 15.4 Å². The third-order valence-corrected chi connectivity index (χ3v) is 3.04. The minimum Gasteiger partial charge on any atom is -0.486 e. The van der Waals surface area contributed by atoms with Gasteiger partial charge in [0.25, 0.3) is 0 Å². The van der Waals surface area contributed by atoms with Gasteiger partial charge in [-0.1, -0.05) is 13.0 Å². The largest absolute Gasteiger partial charge is 0.486 e. The number of nitrogens with zero attached hydrogens (tertiary/aromatic N) is 2. The molecule has 1 aliphatic rings. The number of H-pyrrole nitrogens is 1. The van der Waals surface area contributed by atoms with Gasteiger partial charge in [-0.15, -0.1) is 0 Å². The Morgan fingerprint density at radius 3 is 2.89 bits per heavy atom. The molecular weight excluding hydrogens is 244 g/mol. The molecule has 0 amide bonds. The quantitative estimate of drug-likeness (QED) is 0.866. The Labute approximate surface area is 111 Å². The monoisotopic (exact) mass is 260 g/mol. The lowest BCUT2D eigenvalue weighted by molar-refractivity contribution is 0.171. The minimum absolute atomic E-state index is 0.000392. The Hall–Kier alpha value is -2.08. The van der Waals surface area contributed by atoms with Crippen LogP contribution in [0.25, 0.3) is 0 Å². The molecular formula is C13H16N4O2. The van der Waals surface area contributed by atoms with Gasteiger partial charge < -0.3 is 14.8 Å². The highest BCUT2D eigenvalue weighted by atomic mass is 16.6. The first-order valence-corrected chi connectivity index (χ1v) is 6.37. The number of ether oxygens (including phenoxy) is 2. The number of hydrogen-bond acceptors (Lipinski definition) is 5. The molecule has 1 aromatic carbocycles. The van der Waals surface area contributed by atoms with Crippen LogP contribution in [0.2, 0.25) is 0 Å². The number of aromatic nitrogens is 3. The van der Waals surface area contributed by atoms with Crippen LogP contribution in [0.5, 0.6) is 11.5 Å². The summed E-state index contributed by atoms with van der Waals surface area (Å²) in [5, 5.41) is 14.1. The molecule has 1 aliphatic heterocycles. The number of nitrogens with one attached hydrogen (secondary N) is 2. The normalized spacial score (nSPS) is 15.2. The lowest BCUT2D eigenvalue weighted by Crippen LogP contribution is -2.23. The van der Waals surface area contributed by atoms with Crippen molar-refractivity contribution in [3.63, 3.8) is 0 Å². The summed E-state index contributed by atoms with van der Waals surface area (Å²) in [5.74, 6) is 1.58. The van der Waals surface area contributed by atoms with Gasteiger partial charge in [0.2, 0.25) is 0 Å². The molecule has 1 atom stereocenters. The lowest BCUT2D eigenvalue weighted by Gasteiger charge is -2.21. The first kappa shape index (κ1) is 12.0. The predicted molar refractivity (Wildman–Crippen MR) is 69.3 cm³/mol. The zero-order valence-electron chi connectivity index (χ0n) is 10.7. The number of hydrogen-bond donors (Lipinski definition) is 2. The summed E-state index contributed by atoms with van der Waals surface area (Å²) in [7, 11) is 0. The van der Waals surface area contributed by atoms with E-state index < -0.39 is 0 Å². The molecule has 19 heavy (non-hydrogen) atoms. The fraction of sp³-hybridized carbons (Fsp3) is 0.385. The summed E-state index contributed by atoms with van der Waals surface area (Å²) >= 11 is 0. The number of aromatic amines is 1. The Morgan fingerprint density at radius 2 is 2.16 bits per heavy atom. The van der Waals surface area contributed by atoms with Gasteiger partial charge >= 0.3 is 0 Å². The van der Waals surface area contributed by atoms with Crippen molar-refractivity contribution in [3.8, 4) is 11.5 Å². The molecule has 100 valence electrons. The molecule has 0 aliphatic carbocycles. The van der Waals surface area contributed by atoms with Gasteiger partial charge in [0, 0.05) is 0 Å². The fourth-order valence-corrected chi connectivity index (χ4v) is 2.19. The average Bonchev–Trinajstić information content (AvgIpc) is 2.98. The van der Waals surface area contributed by atoms with Crippen molar-refractivity contribution in [1.29, 1.82) is 0 Å². The van der Waals surface area contributed by atoms with Crippen LogP contribution in [0.15, 0.2) is 24.4 Å². The van der Waals surface area contributed by atoms with Gasteiger partial charge in [-0.25, -0.2) is 0 Å². The number of benzene rings is 1. The van der Waals surface area contributed by atoms with Crippen LogP contribution in [0, 0.1) is 0 Å². The van der Waals surface area contributed by atoms with Crippen LogP contribution in [0.4, 0.5) is 0 Å². The molecule has 0 saturated heterocycles. The second-order valence-corrected chi connectivity index (χ2v) is 4.29. The topological polar surface area (TPSA) is 72.1 Å². The summed E-state index contributed by atoms with van der Waals surface area (Å²) in [4.78, 5) is 0. The molecule has 0 saturated carbocycles. The second kappa shape index (κ2) is 5.27. The van der Waals surface area contributed by atoms with E-state index in [9.17, 15) is 0 Å². The van der Waals surface area contributed by atoms with Gasteiger partial charge in [0.15, 0.2) is 11.5 Å². The molecule has 0 spiro atoms. The van der Waals surface area contributed by atoms with Crippen molar-refractivity contribution < 1.29 is 9.47 Å². The molecule has 2 aromatic rings. The van der Waals surface area contributed by atoms with Crippen LogP contribution >= 0.6 is 0 Å². The smallest absolute Gasteiger partial charge is 0.161 e. The summed E-state index contributed by atoms with van der Waals surface area (Å²) in [6.45, 7) is 4.09. The highest BCUT2D eigenvalue weighted by Crippen LogP contribution is 2.33. The summed E-state index contributed by atoms with van der Waals surface area (Å²) < 4.78 is 11.1. The van der Waals surface area contributed by atoms with Crippen molar-refractivity contribution >= 4 is 0 Å². The SMILES string of the molecule is CCNC(c1ccc2c(c1)OCCO2)c1cn[nH]n1. The van der Waals surface area contributed by atoms with Crippen molar-refractivity contribution in [3.05, 3.63) is 35.7 Å². The summed E-state index contributed by atoms with van der Waals surface area (Å²) in [5.41, 5.74) is 1.94. The minimum atomic E-state index is -0.000392. The Balaban J connectivity index is 1.94. The highest BCUT2D eigenvalue weighted by molar-refractivity contribution is 5.45. The Morgan fingerprint density at radius 1 is 1.32 bits per heavy atom. The molecule has 6 heteroatoms. The van der Waals surface area contributed by atoms with Crippen molar-refractivity contribution in [1.82, 2.24) is 20.7 Å². The van der Waals surface area contributed by atoms with E-state index in [-0.39, 0.29) is 6.04 Å². The van der Waals surface area contributed by atoms with Gasteiger partial charge in [0.05, 0.1) is 12.2 Å². The van der Waals surface area contributed by atoms with Crippen LogP contribution in [0.3, 0.4) is 0 Å². The van der Waals surface area contributed by atoms with E-state index in [4.69, 9.17) is 9.47 Å². The van der Waals surface area contributed by atoms with E-state index >= 15 is 0 Å². The van der Waals surface area contributed by atoms with E-state index in [2.05, 4.69) is 27.7 Å². The molecule has 1 aromatic heterocycles. The molecule has 2 N–H and O–H groups in total. The Kier molecular flexibility index (Phi) is 3.33. The van der Waals surface area contributed by atoms with Gasteiger partial charge in [0.1, 0.15) is 18.9 Å². The van der Waals surface area contributed by atoms with E-state index in [0.717, 1.165) is 29.3 Å². The zero-order valence-corrected chi connectivity index (χ0v) is 10.7. The molecule has 1 unspecified atom stereocenters. The average molecular weight is 260 g/mol. The van der Waals surface area contributed by atoms with Crippen molar-refractivity contribution in [2.24, 2.45) is 0 Å². The first-order valence-electron chi connectivity index (χ1n) is 6.37. The predicted octanol–water partition coefficient (Wildman–Crippen LogP) is 1.27. The highest BCUT2D eigenvalue weighted by Gasteiger charge is 2.19. The maximum absolute atomic E-state index is 5.61. The first-order chi connectivity index (χ1) is 9.38. The molecule has 6 nitrogen and oxygen atoms in total. The molecule has 0 bridgehead atoms. The molecule has 0 radical (unpaired) electrons. The van der Waals surface area contributed by atoms with Crippen LogP contribution in [0.1, 0.15) is 24.2 Å². The van der Waals surface area contributed by atoms with Crippen LogP contribution in [-0.4, -0.2) is 35.2 Å². The standard InChI is InChI=1S/C13H16N4O2/c1-2-14-13(10-8-15-17-16-10)9-3-4-11-12(7-9)19-6-5-18-11/h3-4,7-8,13-14H,2,5-6H2,1H3,(H,15,16,17). The number of rotatable bonds is 4.